The first-order valence-electron chi connectivity index (χ1n) is 10.5. The molecule has 1 atom stereocenters. The van der Waals surface area contributed by atoms with Gasteiger partial charge in [0.1, 0.15) is 11.8 Å². The lowest BCUT2D eigenvalue weighted by atomic mass is 10.1. The molecule has 0 spiro atoms. The number of alkyl halides is 3. The van der Waals surface area contributed by atoms with Gasteiger partial charge in [-0.3, -0.25) is 14.6 Å². The molecule has 0 saturated carbocycles. The third-order valence-electron chi connectivity index (χ3n) is 5.43. The highest BCUT2D eigenvalue weighted by atomic mass is 35.5. The van der Waals surface area contributed by atoms with Crippen molar-refractivity contribution >= 4 is 40.8 Å². The second-order valence-corrected chi connectivity index (χ2v) is 8.18. The Balaban J connectivity index is 1.53. The predicted molar refractivity (Wildman–Crippen MR) is 125 cm³/mol. The average Bonchev–Trinajstić information content (AvgIpc) is 3.03. The molecule has 3 aromatic rings. The Morgan fingerprint density at radius 2 is 1.81 bits per heavy atom. The molecule has 12 heteroatoms. The number of anilines is 2. The summed E-state index contributed by atoms with van der Waals surface area (Å²) in [5.41, 5.74) is 1.17. The number of amides is 4. The molecule has 36 heavy (non-hydrogen) atoms. The number of ether oxygens (including phenoxy) is 1. The third-order valence-corrected chi connectivity index (χ3v) is 5.76. The van der Waals surface area contributed by atoms with Crippen molar-refractivity contribution in [3.63, 3.8) is 0 Å². The van der Waals surface area contributed by atoms with Crippen LogP contribution in [0.3, 0.4) is 0 Å². The smallest absolute Gasteiger partial charge is 0.406 e. The lowest BCUT2D eigenvalue weighted by Gasteiger charge is -2.21. The molecule has 1 unspecified atom stereocenters. The Labute approximate surface area is 208 Å². The van der Waals surface area contributed by atoms with Crippen LogP contribution in [0.1, 0.15) is 22.8 Å². The molecule has 1 fully saturated rings. The predicted octanol–water partition coefficient (Wildman–Crippen LogP) is 5.24. The summed E-state index contributed by atoms with van der Waals surface area (Å²) >= 11 is 6.10. The minimum atomic E-state index is -4.87. The van der Waals surface area contributed by atoms with E-state index in [1.54, 1.807) is 30.3 Å². The lowest BCUT2D eigenvalue weighted by molar-refractivity contribution is -0.274. The average molecular weight is 519 g/mol. The summed E-state index contributed by atoms with van der Waals surface area (Å²) in [4.78, 5) is 44.9. The van der Waals surface area contributed by atoms with Crippen LogP contribution in [-0.2, 0) is 11.3 Å². The number of nitrogens with zero attached hydrogens (tertiary/aromatic N) is 3. The number of aromatic nitrogens is 1. The number of pyridine rings is 1. The topological polar surface area (TPSA) is 91.8 Å². The van der Waals surface area contributed by atoms with E-state index in [-0.39, 0.29) is 22.8 Å². The highest BCUT2D eigenvalue weighted by Crippen LogP contribution is 2.31. The molecule has 0 aliphatic carbocycles. The van der Waals surface area contributed by atoms with Crippen molar-refractivity contribution in [2.75, 3.05) is 10.2 Å². The van der Waals surface area contributed by atoms with Gasteiger partial charge in [-0.1, -0.05) is 23.7 Å². The van der Waals surface area contributed by atoms with Crippen LogP contribution >= 0.6 is 11.6 Å². The Bertz CT molecular complexity index is 1320. The van der Waals surface area contributed by atoms with Crippen LogP contribution < -0.4 is 15.0 Å². The van der Waals surface area contributed by atoms with Gasteiger partial charge in [0.25, 0.3) is 11.8 Å². The summed E-state index contributed by atoms with van der Waals surface area (Å²) in [7, 11) is 0. The zero-order valence-electron chi connectivity index (χ0n) is 18.6. The number of hydrogen-bond donors (Lipinski definition) is 1. The SMILES string of the molecule is CC1C(=O)N(c2ccc(OC(F)(F)F)cc2)C(=O)N1Cc1ccncc1NC(=O)c1ccccc1Cl. The van der Waals surface area contributed by atoms with E-state index < -0.39 is 36.0 Å². The Hall–Kier alpha value is -4.12. The lowest BCUT2D eigenvalue weighted by Crippen LogP contribution is -2.33. The second-order valence-electron chi connectivity index (χ2n) is 7.77. The summed E-state index contributed by atoms with van der Waals surface area (Å²) < 4.78 is 41.1. The minimum Gasteiger partial charge on any atom is -0.406 e. The van der Waals surface area contributed by atoms with Crippen molar-refractivity contribution in [2.24, 2.45) is 0 Å². The molecule has 1 aliphatic heterocycles. The van der Waals surface area contributed by atoms with Gasteiger partial charge >= 0.3 is 12.4 Å². The summed E-state index contributed by atoms with van der Waals surface area (Å²) in [5, 5.41) is 2.98. The first-order chi connectivity index (χ1) is 17.0. The Morgan fingerprint density at radius 3 is 2.47 bits per heavy atom. The van der Waals surface area contributed by atoms with Crippen LogP contribution in [0.25, 0.3) is 0 Å². The van der Waals surface area contributed by atoms with E-state index >= 15 is 0 Å². The molecule has 0 bridgehead atoms. The highest BCUT2D eigenvalue weighted by molar-refractivity contribution is 6.34. The molecule has 186 valence electrons. The summed E-state index contributed by atoms with van der Waals surface area (Å²) in [6.45, 7) is 1.49. The fraction of sp³-hybridized carbons (Fsp3) is 0.167. The molecule has 2 aromatic carbocycles. The maximum Gasteiger partial charge on any atom is 0.573 e. The summed E-state index contributed by atoms with van der Waals surface area (Å²) in [5.74, 6) is -1.51. The van der Waals surface area contributed by atoms with Gasteiger partial charge in [-0.25, -0.2) is 9.69 Å². The second kappa shape index (κ2) is 9.86. The van der Waals surface area contributed by atoms with E-state index in [1.807, 2.05) is 0 Å². The van der Waals surface area contributed by atoms with Gasteiger partial charge in [0, 0.05) is 6.20 Å². The number of urea groups is 1. The van der Waals surface area contributed by atoms with E-state index in [9.17, 15) is 27.6 Å². The van der Waals surface area contributed by atoms with E-state index in [0.29, 0.717) is 11.3 Å². The minimum absolute atomic E-state index is 0.0435. The molecular formula is C24H18ClF3N4O4. The van der Waals surface area contributed by atoms with E-state index in [0.717, 1.165) is 17.0 Å². The highest BCUT2D eigenvalue weighted by Gasteiger charge is 2.43. The molecule has 4 rings (SSSR count). The van der Waals surface area contributed by atoms with Gasteiger partial charge in [-0.15, -0.1) is 13.2 Å². The molecule has 1 aromatic heterocycles. The fourth-order valence-electron chi connectivity index (χ4n) is 3.64. The number of carbonyl (C=O) groups excluding carboxylic acids is 3. The quantitative estimate of drug-likeness (QED) is 0.450. The molecule has 1 saturated heterocycles. The number of rotatable bonds is 6. The maximum absolute atomic E-state index is 13.1. The number of hydrogen-bond acceptors (Lipinski definition) is 5. The monoisotopic (exact) mass is 518 g/mol. The zero-order chi connectivity index (χ0) is 26.0. The van der Waals surface area contributed by atoms with Crippen LogP contribution in [0.5, 0.6) is 5.75 Å². The van der Waals surface area contributed by atoms with Crippen molar-refractivity contribution in [3.8, 4) is 5.75 Å². The van der Waals surface area contributed by atoms with Gasteiger partial charge in [0.2, 0.25) is 0 Å². The normalized spacial score (nSPS) is 15.9. The first kappa shape index (κ1) is 25.0. The summed E-state index contributed by atoms with van der Waals surface area (Å²) in [6, 6.07) is 11.0. The fourth-order valence-corrected chi connectivity index (χ4v) is 3.86. The Kier molecular flexibility index (Phi) is 6.84. The standard InChI is InChI=1S/C24H18ClF3N4O4/c1-14-22(34)32(16-6-8-17(9-7-16)36-24(26,27)28)23(35)31(14)13-15-10-11-29-12-20(15)30-21(33)18-4-2-3-5-19(18)25/h2-12,14H,13H2,1H3,(H,30,33). The van der Waals surface area contributed by atoms with Crippen molar-refractivity contribution < 1.29 is 32.3 Å². The number of halogens is 4. The van der Waals surface area contributed by atoms with E-state index in [2.05, 4.69) is 15.0 Å². The molecule has 0 radical (unpaired) electrons. The maximum atomic E-state index is 13.1. The molecule has 2 heterocycles. The molecular weight excluding hydrogens is 501 g/mol. The molecule has 1 N–H and O–H groups in total. The van der Waals surface area contributed by atoms with Crippen molar-refractivity contribution in [2.45, 2.75) is 25.9 Å². The van der Waals surface area contributed by atoms with Crippen molar-refractivity contribution in [1.29, 1.82) is 0 Å². The largest absolute Gasteiger partial charge is 0.573 e. The number of benzene rings is 2. The number of carbonyl (C=O) groups is 3. The Morgan fingerprint density at radius 1 is 1.11 bits per heavy atom. The molecule has 8 nitrogen and oxygen atoms in total. The van der Waals surface area contributed by atoms with Crippen LogP contribution in [0, 0.1) is 0 Å². The van der Waals surface area contributed by atoms with E-state index in [4.69, 9.17) is 11.6 Å². The van der Waals surface area contributed by atoms with Crippen LogP contribution in [0.2, 0.25) is 5.02 Å². The van der Waals surface area contributed by atoms with Crippen LogP contribution in [-0.4, -0.2) is 40.1 Å². The number of nitrogens with one attached hydrogen (secondary N) is 1. The van der Waals surface area contributed by atoms with E-state index in [1.165, 1.54) is 36.4 Å². The van der Waals surface area contributed by atoms with Crippen molar-refractivity contribution in [3.05, 3.63) is 83.1 Å². The van der Waals surface area contributed by atoms with Gasteiger partial charge in [-0.2, -0.15) is 0 Å². The van der Waals surface area contributed by atoms with Gasteiger partial charge in [-0.05, 0) is 55.0 Å². The first-order valence-corrected chi connectivity index (χ1v) is 10.9. The number of imide groups is 1. The van der Waals surface area contributed by atoms with Crippen molar-refractivity contribution in [1.82, 2.24) is 9.88 Å². The van der Waals surface area contributed by atoms with Gasteiger partial charge in [0.15, 0.2) is 0 Å². The van der Waals surface area contributed by atoms with Gasteiger partial charge in [0.05, 0.1) is 34.7 Å². The van der Waals surface area contributed by atoms with Crippen LogP contribution in [0.4, 0.5) is 29.3 Å². The third kappa shape index (κ3) is 5.25. The molecule has 4 amide bonds. The van der Waals surface area contributed by atoms with Gasteiger partial charge < -0.3 is 15.0 Å². The molecule has 1 aliphatic rings. The summed E-state index contributed by atoms with van der Waals surface area (Å²) in [6.07, 6.45) is -1.98. The zero-order valence-corrected chi connectivity index (χ0v) is 19.4. The van der Waals surface area contributed by atoms with Crippen LogP contribution in [0.15, 0.2) is 67.0 Å².